The lowest BCUT2D eigenvalue weighted by atomic mass is 10.2. The summed E-state index contributed by atoms with van der Waals surface area (Å²) in [6, 6.07) is 5.94. The molecule has 0 atom stereocenters. The molecule has 2 N–H and O–H groups in total. The van der Waals surface area contributed by atoms with Gasteiger partial charge in [-0.3, -0.25) is 4.79 Å². The number of rotatable bonds is 3. The number of benzene rings is 1. The number of ether oxygens (including phenoxy) is 1. The predicted octanol–water partition coefficient (Wildman–Crippen LogP) is 3.26. The number of hydrogen-bond acceptors (Lipinski definition) is 3. The number of halogens is 2. The Labute approximate surface area is 128 Å². The fraction of sp³-hybridized carbons (Fsp3) is 0.143. The second-order valence-corrected chi connectivity index (χ2v) is 5.12. The van der Waals surface area contributed by atoms with Crippen molar-refractivity contribution in [2.45, 2.75) is 6.92 Å². The van der Waals surface area contributed by atoms with Gasteiger partial charge in [0.05, 0.1) is 12.8 Å². The number of amides is 1. The summed E-state index contributed by atoms with van der Waals surface area (Å²) in [7, 11) is 1.24. The Hall–Kier alpha value is -2.15. The molecule has 1 amide bonds. The van der Waals surface area contributed by atoms with Crippen molar-refractivity contribution in [1.29, 1.82) is 0 Å². The summed E-state index contributed by atoms with van der Waals surface area (Å²) in [5, 5.41) is 2.45. The highest BCUT2D eigenvalue weighted by molar-refractivity contribution is 9.10. The third-order valence-electron chi connectivity index (χ3n) is 2.90. The Bertz CT molecular complexity index is 712. The normalized spacial score (nSPS) is 10.3. The summed E-state index contributed by atoms with van der Waals surface area (Å²) in [6.45, 7) is 1.60. The van der Waals surface area contributed by atoms with Gasteiger partial charge in [0, 0.05) is 10.0 Å². The third-order valence-corrected chi connectivity index (χ3v) is 3.76. The van der Waals surface area contributed by atoms with E-state index in [9.17, 15) is 14.0 Å². The van der Waals surface area contributed by atoms with Crippen LogP contribution in [-0.4, -0.2) is 24.0 Å². The van der Waals surface area contributed by atoms with Gasteiger partial charge in [-0.15, -0.1) is 0 Å². The summed E-state index contributed by atoms with van der Waals surface area (Å²) in [5.41, 5.74) is 0.745. The maximum absolute atomic E-state index is 14.0. The van der Waals surface area contributed by atoms with Crippen molar-refractivity contribution >= 4 is 33.5 Å². The van der Waals surface area contributed by atoms with Crippen LogP contribution < -0.4 is 5.32 Å². The lowest BCUT2D eigenvalue weighted by Crippen LogP contribution is -2.14. The molecule has 7 heteroatoms. The lowest BCUT2D eigenvalue weighted by Gasteiger charge is -2.08. The number of aromatic nitrogens is 1. The van der Waals surface area contributed by atoms with E-state index in [2.05, 4.69) is 31.0 Å². The van der Waals surface area contributed by atoms with Gasteiger partial charge in [0.15, 0.2) is 5.82 Å². The predicted molar refractivity (Wildman–Crippen MR) is 78.9 cm³/mol. The molecular formula is C14H12BrFN2O3. The van der Waals surface area contributed by atoms with Crippen LogP contribution in [0.2, 0.25) is 0 Å². The Kier molecular flexibility index (Phi) is 4.42. The van der Waals surface area contributed by atoms with Crippen molar-refractivity contribution < 1.29 is 18.7 Å². The molecule has 0 saturated heterocycles. The van der Waals surface area contributed by atoms with Crippen molar-refractivity contribution in [3.8, 4) is 0 Å². The van der Waals surface area contributed by atoms with E-state index < -0.39 is 17.7 Å². The number of hydrogen-bond donors (Lipinski definition) is 2. The van der Waals surface area contributed by atoms with Gasteiger partial charge in [0.25, 0.3) is 5.91 Å². The second-order valence-electron chi connectivity index (χ2n) is 4.27. The van der Waals surface area contributed by atoms with Crippen molar-refractivity contribution in [3.05, 3.63) is 51.5 Å². The molecule has 0 bridgehead atoms. The number of methoxy groups -OCH3 is 1. The zero-order chi connectivity index (χ0) is 15.6. The molecule has 0 aliphatic carbocycles. The minimum Gasteiger partial charge on any atom is -0.464 e. The maximum atomic E-state index is 14.0. The highest BCUT2D eigenvalue weighted by atomic mass is 79.9. The van der Waals surface area contributed by atoms with Crippen LogP contribution in [0.3, 0.4) is 0 Å². The minimum atomic E-state index is -0.584. The van der Waals surface area contributed by atoms with Crippen LogP contribution in [0.4, 0.5) is 10.1 Å². The molecule has 21 heavy (non-hydrogen) atoms. The van der Waals surface area contributed by atoms with Gasteiger partial charge >= 0.3 is 5.97 Å². The fourth-order valence-corrected chi connectivity index (χ4v) is 2.01. The molecule has 1 heterocycles. The van der Waals surface area contributed by atoms with Gasteiger partial charge < -0.3 is 15.0 Å². The number of carbonyl (C=O) groups is 2. The van der Waals surface area contributed by atoms with Gasteiger partial charge in [0.1, 0.15) is 11.4 Å². The van der Waals surface area contributed by atoms with Crippen LogP contribution in [0.25, 0.3) is 0 Å². The van der Waals surface area contributed by atoms with E-state index in [0.29, 0.717) is 10.0 Å². The summed E-state index contributed by atoms with van der Waals surface area (Å²) in [5.74, 6) is -1.65. The van der Waals surface area contributed by atoms with Crippen molar-refractivity contribution in [2.75, 3.05) is 12.4 Å². The number of anilines is 1. The second kappa shape index (κ2) is 6.09. The van der Waals surface area contributed by atoms with Crippen molar-refractivity contribution in [3.63, 3.8) is 0 Å². The van der Waals surface area contributed by atoms with E-state index in [-0.39, 0.29) is 17.1 Å². The highest BCUT2D eigenvalue weighted by Crippen LogP contribution is 2.25. The SMILES string of the molecule is COC(=O)c1ccc(C(=O)Nc2ccc(Br)c(C)c2F)[nH]1. The Morgan fingerprint density at radius 1 is 1.24 bits per heavy atom. The molecule has 0 radical (unpaired) electrons. The molecule has 0 aliphatic heterocycles. The number of nitrogens with one attached hydrogen (secondary N) is 2. The Morgan fingerprint density at radius 2 is 1.90 bits per heavy atom. The van der Waals surface area contributed by atoms with E-state index in [0.717, 1.165) is 0 Å². The number of esters is 1. The van der Waals surface area contributed by atoms with Gasteiger partial charge in [-0.2, -0.15) is 0 Å². The number of carbonyl (C=O) groups excluding carboxylic acids is 2. The standard InChI is InChI=1S/C14H12BrFN2O3/c1-7-8(15)3-4-9(12(7)16)18-13(19)10-5-6-11(17-10)14(20)21-2/h3-6,17H,1-2H3,(H,18,19). The monoisotopic (exact) mass is 354 g/mol. The fourth-order valence-electron chi connectivity index (χ4n) is 1.70. The number of aromatic amines is 1. The molecule has 2 rings (SSSR count). The topological polar surface area (TPSA) is 71.2 Å². The Morgan fingerprint density at radius 3 is 2.57 bits per heavy atom. The first kappa shape index (κ1) is 15.2. The van der Waals surface area contributed by atoms with Gasteiger partial charge in [-0.05, 0) is 31.2 Å². The molecule has 0 unspecified atom stereocenters. The number of H-pyrrole nitrogens is 1. The first-order chi connectivity index (χ1) is 9.93. The molecule has 0 saturated carbocycles. The van der Waals surface area contributed by atoms with E-state index in [1.807, 2.05) is 0 Å². The van der Waals surface area contributed by atoms with E-state index >= 15 is 0 Å². The van der Waals surface area contributed by atoms with Crippen molar-refractivity contribution in [2.24, 2.45) is 0 Å². The van der Waals surface area contributed by atoms with Crippen LogP contribution in [0.1, 0.15) is 26.5 Å². The molecule has 2 aromatic rings. The van der Waals surface area contributed by atoms with Crippen LogP contribution in [-0.2, 0) is 4.74 Å². The maximum Gasteiger partial charge on any atom is 0.354 e. The van der Waals surface area contributed by atoms with Crippen LogP contribution in [0.5, 0.6) is 0 Å². The minimum absolute atomic E-state index is 0.0647. The summed E-state index contributed by atoms with van der Waals surface area (Å²) < 4.78 is 19.1. The van der Waals surface area contributed by atoms with Gasteiger partial charge in [0.2, 0.25) is 0 Å². The molecular weight excluding hydrogens is 343 g/mol. The van der Waals surface area contributed by atoms with Crippen LogP contribution in [0.15, 0.2) is 28.7 Å². The summed E-state index contributed by atoms with van der Waals surface area (Å²) in [6.07, 6.45) is 0. The van der Waals surface area contributed by atoms with Crippen molar-refractivity contribution in [1.82, 2.24) is 4.98 Å². The van der Waals surface area contributed by atoms with E-state index in [4.69, 9.17) is 0 Å². The van der Waals surface area contributed by atoms with Crippen LogP contribution >= 0.6 is 15.9 Å². The molecule has 5 nitrogen and oxygen atoms in total. The average molecular weight is 355 g/mol. The summed E-state index contributed by atoms with van der Waals surface area (Å²) >= 11 is 3.21. The van der Waals surface area contributed by atoms with Gasteiger partial charge in [-0.25, -0.2) is 9.18 Å². The summed E-state index contributed by atoms with van der Waals surface area (Å²) in [4.78, 5) is 25.9. The third kappa shape index (κ3) is 3.13. The quantitative estimate of drug-likeness (QED) is 0.831. The van der Waals surface area contributed by atoms with E-state index in [1.165, 1.54) is 25.3 Å². The first-order valence-corrected chi connectivity index (χ1v) is 6.76. The highest BCUT2D eigenvalue weighted by Gasteiger charge is 2.15. The van der Waals surface area contributed by atoms with Crippen LogP contribution in [0, 0.1) is 12.7 Å². The molecule has 110 valence electrons. The molecule has 0 aliphatic rings. The van der Waals surface area contributed by atoms with E-state index in [1.54, 1.807) is 13.0 Å². The molecule has 1 aromatic heterocycles. The molecule has 0 spiro atoms. The smallest absolute Gasteiger partial charge is 0.354 e. The molecule has 0 fully saturated rings. The lowest BCUT2D eigenvalue weighted by molar-refractivity contribution is 0.0595. The zero-order valence-electron chi connectivity index (χ0n) is 11.3. The largest absolute Gasteiger partial charge is 0.464 e. The zero-order valence-corrected chi connectivity index (χ0v) is 12.9. The first-order valence-electron chi connectivity index (χ1n) is 5.97. The molecule has 1 aromatic carbocycles. The average Bonchev–Trinajstić information content (AvgIpc) is 2.97. The Balaban J connectivity index is 2.20. The van der Waals surface area contributed by atoms with Gasteiger partial charge in [-0.1, -0.05) is 15.9 Å².